The van der Waals surface area contributed by atoms with Gasteiger partial charge in [0.05, 0.1) is 18.8 Å². The van der Waals surface area contributed by atoms with E-state index in [9.17, 15) is 5.11 Å². The van der Waals surface area contributed by atoms with Crippen molar-refractivity contribution in [2.75, 3.05) is 21.2 Å². The van der Waals surface area contributed by atoms with Crippen molar-refractivity contribution in [3.63, 3.8) is 0 Å². The lowest BCUT2D eigenvalue weighted by Gasteiger charge is -2.42. The summed E-state index contributed by atoms with van der Waals surface area (Å²) in [5.41, 5.74) is 0.561. The van der Waals surface area contributed by atoms with Crippen LogP contribution in [0.5, 0.6) is 5.75 Å². The van der Waals surface area contributed by atoms with Crippen LogP contribution in [-0.4, -0.2) is 36.8 Å². The van der Waals surface area contributed by atoms with Crippen molar-refractivity contribution in [3.8, 4) is 5.75 Å². The van der Waals surface area contributed by atoms with Gasteiger partial charge in [0.2, 0.25) is 0 Å². The number of rotatable bonds is 4. The van der Waals surface area contributed by atoms with Gasteiger partial charge in [0.25, 0.3) is 0 Å². The van der Waals surface area contributed by atoms with Gasteiger partial charge in [-0.25, -0.2) is 0 Å². The van der Waals surface area contributed by atoms with Crippen molar-refractivity contribution in [1.29, 1.82) is 0 Å². The maximum absolute atomic E-state index is 11.0. The first-order valence-electron chi connectivity index (χ1n) is 7.09. The van der Waals surface area contributed by atoms with E-state index in [1.807, 2.05) is 26.2 Å². The van der Waals surface area contributed by atoms with Gasteiger partial charge in [-0.2, -0.15) is 0 Å². The number of methoxy groups -OCH3 is 1. The molecule has 1 unspecified atom stereocenters. The molecular weight excluding hydrogens is 238 g/mol. The number of hydrogen-bond acceptors (Lipinski definition) is 3. The van der Waals surface area contributed by atoms with E-state index in [1.54, 1.807) is 7.11 Å². The van der Waals surface area contributed by atoms with E-state index in [0.717, 1.165) is 37.0 Å². The van der Waals surface area contributed by atoms with Gasteiger partial charge in [0.1, 0.15) is 5.75 Å². The fourth-order valence-corrected chi connectivity index (χ4v) is 3.31. The summed E-state index contributed by atoms with van der Waals surface area (Å²) in [6.45, 7) is 0. The molecule has 0 bridgehead atoms. The molecule has 3 nitrogen and oxygen atoms in total. The van der Waals surface area contributed by atoms with Gasteiger partial charge in [-0.05, 0) is 44.6 Å². The first-order chi connectivity index (χ1) is 9.07. The molecule has 0 heterocycles. The molecule has 0 radical (unpaired) electrons. The third-order valence-electron chi connectivity index (χ3n) is 4.18. The predicted molar refractivity (Wildman–Crippen MR) is 77.5 cm³/mol. The Kier molecular flexibility index (Phi) is 4.48. The Labute approximate surface area is 116 Å². The van der Waals surface area contributed by atoms with Gasteiger partial charge in [-0.15, -0.1) is 0 Å². The molecule has 0 aromatic heterocycles. The molecule has 0 spiro atoms. The van der Waals surface area contributed by atoms with Crippen molar-refractivity contribution in [2.45, 2.75) is 43.7 Å². The van der Waals surface area contributed by atoms with Crippen molar-refractivity contribution in [3.05, 3.63) is 29.8 Å². The fraction of sp³-hybridized carbons (Fsp3) is 0.625. The van der Waals surface area contributed by atoms with Crippen LogP contribution in [0.25, 0.3) is 0 Å². The second kappa shape index (κ2) is 5.93. The summed E-state index contributed by atoms with van der Waals surface area (Å²) >= 11 is 0. The zero-order valence-electron chi connectivity index (χ0n) is 12.2. The Bertz CT molecular complexity index is 394. The minimum absolute atomic E-state index is 0.0544. The number of benzene rings is 1. The summed E-state index contributed by atoms with van der Waals surface area (Å²) in [6.07, 6.45) is 5.27. The lowest BCUT2D eigenvalue weighted by molar-refractivity contribution is -0.0622. The molecule has 1 aromatic carbocycles. The highest BCUT2D eigenvalue weighted by atomic mass is 16.5. The Hall–Kier alpha value is -1.06. The molecule has 1 atom stereocenters. The van der Waals surface area contributed by atoms with E-state index in [0.29, 0.717) is 0 Å². The molecule has 0 aliphatic heterocycles. The molecular formula is C16H25NO2. The van der Waals surface area contributed by atoms with Crippen LogP contribution in [0.4, 0.5) is 0 Å². The number of nitrogens with zero attached hydrogens (tertiary/aromatic N) is 1. The van der Waals surface area contributed by atoms with Crippen LogP contribution in [0.2, 0.25) is 0 Å². The van der Waals surface area contributed by atoms with E-state index < -0.39 is 5.60 Å². The Morgan fingerprint density at radius 3 is 2.16 bits per heavy atom. The SMILES string of the molecule is COc1ccc(C(N(C)C)C2(O)CCCCC2)cc1. The standard InChI is InChI=1S/C16H25NO2/c1-17(2)15(16(18)11-5-4-6-12-16)13-7-9-14(19-3)10-8-13/h7-10,15,18H,4-6,11-12H2,1-3H3. The summed E-state index contributed by atoms with van der Waals surface area (Å²) < 4.78 is 5.20. The molecule has 1 aliphatic carbocycles. The average molecular weight is 263 g/mol. The molecule has 19 heavy (non-hydrogen) atoms. The molecule has 0 saturated heterocycles. The summed E-state index contributed by atoms with van der Waals surface area (Å²) in [6, 6.07) is 8.13. The minimum atomic E-state index is -0.601. The summed E-state index contributed by atoms with van der Waals surface area (Å²) in [5.74, 6) is 0.858. The second-order valence-corrected chi connectivity index (χ2v) is 5.80. The summed E-state index contributed by atoms with van der Waals surface area (Å²) in [4.78, 5) is 2.13. The summed E-state index contributed by atoms with van der Waals surface area (Å²) in [7, 11) is 5.76. The molecule has 1 aliphatic rings. The molecule has 1 fully saturated rings. The zero-order valence-corrected chi connectivity index (χ0v) is 12.2. The average Bonchev–Trinajstić information content (AvgIpc) is 2.40. The van der Waals surface area contributed by atoms with Gasteiger partial charge in [-0.1, -0.05) is 31.4 Å². The highest BCUT2D eigenvalue weighted by Crippen LogP contribution is 2.41. The van der Waals surface area contributed by atoms with E-state index in [4.69, 9.17) is 4.74 Å². The maximum Gasteiger partial charge on any atom is 0.118 e. The highest BCUT2D eigenvalue weighted by Gasteiger charge is 2.39. The fourth-order valence-electron chi connectivity index (χ4n) is 3.31. The van der Waals surface area contributed by atoms with Crippen molar-refractivity contribution >= 4 is 0 Å². The van der Waals surface area contributed by atoms with Crippen LogP contribution >= 0.6 is 0 Å². The van der Waals surface area contributed by atoms with Crippen LogP contribution in [-0.2, 0) is 0 Å². The van der Waals surface area contributed by atoms with Gasteiger partial charge < -0.3 is 9.84 Å². The maximum atomic E-state index is 11.0. The van der Waals surface area contributed by atoms with E-state index >= 15 is 0 Å². The predicted octanol–water partition coefficient (Wildman–Crippen LogP) is 2.99. The third kappa shape index (κ3) is 3.10. The molecule has 1 aromatic rings. The van der Waals surface area contributed by atoms with Crippen LogP contribution < -0.4 is 4.74 Å². The highest BCUT2D eigenvalue weighted by molar-refractivity contribution is 5.30. The second-order valence-electron chi connectivity index (χ2n) is 5.80. The van der Waals surface area contributed by atoms with Gasteiger partial charge in [0, 0.05) is 0 Å². The topological polar surface area (TPSA) is 32.7 Å². The number of ether oxygens (including phenoxy) is 1. The zero-order chi connectivity index (χ0) is 13.9. The van der Waals surface area contributed by atoms with Crippen LogP contribution in [0.1, 0.15) is 43.7 Å². The largest absolute Gasteiger partial charge is 0.497 e. The normalized spacial score (nSPS) is 20.3. The Morgan fingerprint density at radius 1 is 1.11 bits per heavy atom. The van der Waals surface area contributed by atoms with Crippen LogP contribution in [0.15, 0.2) is 24.3 Å². The van der Waals surface area contributed by atoms with Gasteiger partial charge in [0.15, 0.2) is 0 Å². The first kappa shape index (κ1) is 14.4. The lowest BCUT2D eigenvalue weighted by Crippen LogP contribution is -2.44. The monoisotopic (exact) mass is 263 g/mol. The molecule has 106 valence electrons. The number of aliphatic hydroxyl groups is 1. The number of hydrogen-bond donors (Lipinski definition) is 1. The number of likely N-dealkylation sites (N-methyl/N-ethyl adjacent to an activating group) is 1. The quantitative estimate of drug-likeness (QED) is 0.906. The van der Waals surface area contributed by atoms with E-state index in [2.05, 4.69) is 17.0 Å². The molecule has 2 rings (SSSR count). The van der Waals surface area contributed by atoms with Crippen LogP contribution in [0.3, 0.4) is 0 Å². The van der Waals surface area contributed by atoms with Gasteiger partial charge >= 0.3 is 0 Å². The summed E-state index contributed by atoms with van der Waals surface area (Å²) in [5, 5.41) is 11.0. The smallest absolute Gasteiger partial charge is 0.118 e. The van der Waals surface area contributed by atoms with Gasteiger partial charge in [-0.3, -0.25) is 4.90 Å². The minimum Gasteiger partial charge on any atom is -0.497 e. The Morgan fingerprint density at radius 2 is 1.68 bits per heavy atom. The van der Waals surface area contributed by atoms with E-state index in [-0.39, 0.29) is 6.04 Å². The molecule has 3 heteroatoms. The first-order valence-corrected chi connectivity index (χ1v) is 7.09. The van der Waals surface area contributed by atoms with Crippen LogP contribution in [0, 0.1) is 0 Å². The molecule has 0 amide bonds. The molecule has 1 N–H and O–H groups in total. The third-order valence-corrected chi connectivity index (χ3v) is 4.18. The van der Waals surface area contributed by atoms with Crippen molar-refractivity contribution in [2.24, 2.45) is 0 Å². The van der Waals surface area contributed by atoms with Crippen molar-refractivity contribution in [1.82, 2.24) is 4.90 Å². The Balaban J connectivity index is 2.28. The van der Waals surface area contributed by atoms with Crippen molar-refractivity contribution < 1.29 is 9.84 Å². The van der Waals surface area contributed by atoms with E-state index in [1.165, 1.54) is 6.42 Å². The molecule has 1 saturated carbocycles. The lowest BCUT2D eigenvalue weighted by atomic mass is 9.76.